The van der Waals surface area contributed by atoms with Crippen LogP contribution >= 0.6 is 11.6 Å². The Morgan fingerprint density at radius 1 is 1.29 bits per heavy atom. The molecule has 0 atom stereocenters. The van der Waals surface area contributed by atoms with Crippen molar-refractivity contribution in [3.05, 3.63) is 58.1 Å². The van der Waals surface area contributed by atoms with Gasteiger partial charge in [-0.15, -0.1) is 0 Å². The van der Waals surface area contributed by atoms with Gasteiger partial charge >= 0.3 is 0 Å². The number of carbonyl (C=O) groups is 1. The Hall–Kier alpha value is -2.00. The minimum atomic E-state index is -0.110. The van der Waals surface area contributed by atoms with Crippen LogP contribution in [0.4, 0.5) is 11.4 Å². The zero-order chi connectivity index (χ0) is 14.8. The highest BCUT2D eigenvalue weighted by molar-refractivity contribution is 6.34. The number of hydrogen-bond donors (Lipinski definition) is 2. The van der Waals surface area contributed by atoms with E-state index >= 15 is 0 Å². The van der Waals surface area contributed by atoms with E-state index in [2.05, 4.69) is 10.6 Å². The molecule has 1 aliphatic heterocycles. The van der Waals surface area contributed by atoms with Gasteiger partial charge in [-0.05, 0) is 55.2 Å². The van der Waals surface area contributed by atoms with Crippen molar-refractivity contribution >= 4 is 28.9 Å². The first-order valence-electron chi connectivity index (χ1n) is 7.08. The summed E-state index contributed by atoms with van der Waals surface area (Å²) < 4.78 is 0. The molecule has 0 aromatic heterocycles. The number of nitrogens with one attached hydrogen (secondary N) is 2. The van der Waals surface area contributed by atoms with E-state index in [0.29, 0.717) is 10.7 Å². The Labute approximate surface area is 129 Å². The molecule has 0 fully saturated rings. The van der Waals surface area contributed by atoms with Crippen molar-refractivity contribution in [2.45, 2.75) is 19.8 Å². The first kappa shape index (κ1) is 14.0. The number of hydrogen-bond acceptors (Lipinski definition) is 2. The van der Waals surface area contributed by atoms with E-state index in [1.165, 1.54) is 0 Å². The van der Waals surface area contributed by atoms with Crippen LogP contribution in [0, 0.1) is 6.92 Å². The molecular weight excluding hydrogens is 284 g/mol. The first-order valence-corrected chi connectivity index (χ1v) is 7.46. The van der Waals surface area contributed by atoms with Crippen molar-refractivity contribution in [3.63, 3.8) is 0 Å². The van der Waals surface area contributed by atoms with Crippen LogP contribution in [0.5, 0.6) is 0 Å². The van der Waals surface area contributed by atoms with Gasteiger partial charge in [0, 0.05) is 17.8 Å². The maximum Gasteiger partial charge on any atom is 0.256 e. The second-order valence-corrected chi connectivity index (χ2v) is 5.71. The van der Waals surface area contributed by atoms with E-state index in [1.54, 1.807) is 0 Å². The van der Waals surface area contributed by atoms with Crippen molar-refractivity contribution in [3.8, 4) is 0 Å². The summed E-state index contributed by atoms with van der Waals surface area (Å²) in [5.74, 6) is -0.110. The summed E-state index contributed by atoms with van der Waals surface area (Å²) in [5.41, 5.74) is 4.58. The van der Waals surface area contributed by atoms with Gasteiger partial charge < -0.3 is 10.6 Å². The molecule has 2 aromatic carbocycles. The number of carbonyl (C=O) groups excluding carboxylic acids is 1. The highest BCUT2D eigenvalue weighted by atomic mass is 35.5. The lowest BCUT2D eigenvalue weighted by Gasteiger charge is -2.20. The summed E-state index contributed by atoms with van der Waals surface area (Å²) in [5, 5.41) is 6.80. The number of fused-ring (bicyclic) bond motifs is 1. The number of amides is 1. The topological polar surface area (TPSA) is 41.1 Å². The molecule has 1 heterocycles. The highest BCUT2D eigenvalue weighted by Gasteiger charge is 2.17. The molecule has 1 amide bonds. The molecule has 1 aliphatic rings. The lowest BCUT2D eigenvalue weighted by molar-refractivity contribution is 0.102. The largest absolute Gasteiger partial charge is 0.385 e. The van der Waals surface area contributed by atoms with Crippen molar-refractivity contribution in [2.75, 3.05) is 17.2 Å². The predicted molar refractivity (Wildman–Crippen MR) is 87.4 cm³/mol. The minimum Gasteiger partial charge on any atom is -0.385 e. The van der Waals surface area contributed by atoms with E-state index in [1.807, 2.05) is 43.3 Å². The van der Waals surface area contributed by atoms with E-state index < -0.39 is 0 Å². The molecule has 0 saturated heterocycles. The second-order valence-electron chi connectivity index (χ2n) is 5.30. The fourth-order valence-electron chi connectivity index (χ4n) is 2.63. The van der Waals surface area contributed by atoms with Gasteiger partial charge in [0.1, 0.15) is 0 Å². The fraction of sp³-hybridized carbons (Fsp3) is 0.235. The Morgan fingerprint density at radius 3 is 2.95 bits per heavy atom. The molecule has 3 nitrogen and oxygen atoms in total. The summed E-state index contributed by atoms with van der Waals surface area (Å²) >= 11 is 6.18. The molecule has 0 unspecified atom stereocenters. The molecule has 3 rings (SSSR count). The van der Waals surface area contributed by atoms with Crippen LogP contribution in [-0.2, 0) is 6.42 Å². The van der Waals surface area contributed by atoms with Crippen LogP contribution < -0.4 is 10.6 Å². The Kier molecular flexibility index (Phi) is 3.84. The van der Waals surface area contributed by atoms with E-state index in [4.69, 9.17) is 11.6 Å². The molecule has 0 spiro atoms. The van der Waals surface area contributed by atoms with Crippen LogP contribution in [-0.4, -0.2) is 12.5 Å². The maximum atomic E-state index is 12.5. The third-order valence-corrected chi connectivity index (χ3v) is 4.03. The van der Waals surface area contributed by atoms with Gasteiger partial charge in [0.2, 0.25) is 0 Å². The normalized spacial score (nSPS) is 13.2. The molecule has 4 heteroatoms. The van der Waals surface area contributed by atoms with E-state index in [0.717, 1.165) is 41.8 Å². The van der Waals surface area contributed by atoms with Crippen LogP contribution in [0.1, 0.15) is 27.9 Å². The lowest BCUT2D eigenvalue weighted by atomic mass is 9.97. The van der Waals surface area contributed by atoms with Gasteiger partial charge in [0.25, 0.3) is 5.91 Å². The molecule has 21 heavy (non-hydrogen) atoms. The summed E-state index contributed by atoms with van der Waals surface area (Å²) in [4.78, 5) is 12.5. The molecule has 0 saturated carbocycles. The average molecular weight is 301 g/mol. The Balaban J connectivity index is 1.89. The van der Waals surface area contributed by atoms with Gasteiger partial charge in [0.05, 0.1) is 10.7 Å². The SMILES string of the molecule is Cc1ccc(NC(=O)c2cccc3c2CCCN3)c(Cl)c1. The van der Waals surface area contributed by atoms with Crippen molar-refractivity contribution in [1.29, 1.82) is 0 Å². The lowest BCUT2D eigenvalue weighted by Crippen LogP contribution is -2.19. The van der Waals surface area contributed by atoms with Gasteiger partial charge in [-0.3, -0.25) is 4.79 Å². The Morgan fingerprint density at radius 2 is 2.14 bits per heavy atom. The predicted octanol–water partition coefficient (Wildman–Crippen LogP) is 4.26. The molecule has 0 aliphatic carbocycles. The molecule has 2 N–H and O–H groups in total. The number of aryl methyl sites for hydroxylation is 1. The highest BCUT2D eigenvalue weighted by Crippen LogP contribution is 2.27. The van der Waals surface area contributed by atoms with Crippen molar-refractivity contribution < 1.29 is 4.79 Å². The molecule has 0 bridgehead atoms. The summed E-state index contributed by atoms with van der Waals surface area (Å²) in [6.45, 7) is 2.93. The Bertz CT molecular complexity index is 697. The summed E-state index contributed by atoms with van der Waals surface area (Å²) in [6, 6.07) is 11.4. The van der Waals surface area contributed by atoms with Crippen LogP contribution in [0.25, 0.3) is 0 Å². The van der Waals surface area contributed by atoms with Gasteiger partial charge in [-0.25, -0.2) is 0 Å². The number of rotatable bonds is 2. The standard InChI is InChI=1S/C17H17ClN2O/c1-11-7-8-16(14(18)10-11)20-17(21)13-4-2-6-15-12(13)5-3-9-19-15/h2,4,6-8,10,19H,3,5,9H2,1H3,(H,20,21). The minimum absolute atomic E-state index is 0.110. The average Bonchev–Trinajstić information content (AvgIpc) is 2.49. The number of anilines is 2. The third kappa shape index (κ3) is 2.88. The van der Waals surface area contributed by atoms with Crippen LogP contribution in [0.15, 0.2) is 36.4 Å². The first-order chi connectivity index (χ1) is 10.1. The third-order valence-electron chi connectivity index (χ3n) is 3.71. The second kappa shape index (κ2) is 5.78. The van der Waals surface area contributed by atoms with Gasteiger partial charge in [-0.1, -0.05) is 23.7 Å². The van der Waals surface area contributed by atoms with E-state index in [-0.39, 0.29) is 5.91 Å². The molecule has 108 valence electrons. The summed E-state index contributed by atoms with van der Waals surface area (Å²) in [7, 11) is 0. The monoisotopic (exact) mass is 300 g/mol. The molecule has 0 radical (unpaired) electrons. The number of halogens is 1. The van der Waals surface area contributed by atoms with Crippen molar-refractivity contribution in [2.24, 2.45) is 0 Å². The quantitative estimate of drug-likeness (QED) is 0.870. The molecule has 2 aromatic rings. The zero-order valence-electron chi connectivity index (χ0n) is 11.9. The van der Waals surface area contributed by atoms with Crippen molar-refractivity contribution in [1.82, 2.24) is 0 Å². The zero-order valence-corrected chi connectivity index (χ0v) is 12.6. The number of benzene rings is 2. The van der Waals surface area contributed by atoms with E-state index in [9.17, 15) is 4.79 Å². The van der Waals surface area contributed by atoms with Crippen LogP contribution in [0.3, 0.4) is 0 Å². The maximum absolute atomic E-state index is 12.5. The fourth-order valence-corrected chi connectivity index (χ4v) is 2.92. The van der Waals surface area contributed by atoms with Gasteiger partial charge in [-0.2, -0.15) is 0 Å². The summed E-state index contributed by atoms with van der Waals surface area (Å²) in [6.07, 6.45) is 1.97. The van der Waals surface area contributed by atoms with Crippen LogP contribution in [0.2, 0.25) is 5.02 Å². The van der Waals surface area contributed by atoms with Gasteiger partial charge in [0.15, 0.2) is 0 Å². The molecular formula is C17H17ClN2O. The smallest absolute Gasteiger partial charge is 0.256 e.